The van der Waals surface area contributed by atoms with Gasteiger partial charge in [0.2, 0.25) is 0 Å². The number of carbonyl (C=O) groups excluding carboxylic acids is 3. The summed E-state index contributed by atoms with van der Waals surface area (Å²) in [6, 6.07) is 16.6. The van der Waals surface area contributed by atoms with E-state index in [1.54, 1.807) is 36.4 Å². The molecule has 1 saturated heterocycles. The van der Waals surface area contributed by atoms with Gasteiger partial charge in [0, 0.05) is 21.5 Å². The monoisotopic (exact) mass is 554 g/mol. The standard InChI is InChI=1S/C26H20BrClN2O5/c1-34-18-9-7-17(8-10-18)30-25(32)20(24(31)29-26(30)33)11-15-12-22(28)19(23(13-15)35-2)14-16-5-3-4-6-21(16)27/h3-13H,14H2,1-2H3,(H,29,31,33)/b20-11+. The Morgan fingerprint density at radius 2 is 1.71 bits per heavy atom. The normalized spacial score (nSPS) is 14.8. The highest BCUT2D eigenvalue weighted by molar-refractivity contribution is 9.10. The maximum Gasteiger partial charge on any atom is 0.335 e. The van der Waals surface area contributed by atoms with Crippen molar-refractivity contribution in [2.75, 3.05) is 19.1 Å². The van der Waals surface area contributed by atoms with Crippen molar-refractivity contribution >= 4 is 57.1 Å². The van der Waals surface area contributed by atoms with E-state index >= 15 is 0 Å². The van der Waals surface area contributed by atoms with Crippen LogP contribution in [0.3, 0.4) is 0 Å². The van der Waals surface area contributed by atoms with Crippen LogP contribution in [-0.4, -0.2) is 32.1 Å². The van der Waals surface area contributed by atoms with Crippen LogP contribution >= 0.6 is 27.5 Å². The Labute approximate surface area is 215 Å². The molecule has 35 heavy (non-hydrogen) atoms. The van der Waals surface area contributed by atoms with E-state index in [1.807, 2.05) is 24.3 Å². The Balaban J connectivity index is 1.69. The van der Waals surface area contributed by atoms with Crippen LogP contribution < -0.4 is 19.7 Å². The number of halogens is 2. The van der Waals surface area contributed by atoms with Crippen LogP contribution in [0.25, 0.3) is 6.08 Å². The summed E-state index contributed by atoms with van der Waals surface area (Å²) >= 11 is 10.1. The average molecular weight is 556 g/mol. The number of nitrogens with one attached hydrogen (secondary N) is 1. The summed E-state index contributed by atoms with van der Waals surface area (Å²) in [7, 11) is 3.03. The number of nitrogens with zero attached hydrogens (tertiary/aromatic N) is 1. The third kappa shape index (κ3) is 5.08. The van der Waals surface area contributed by atoms with Crippen LogP contribution in [0.5, 0.6) is 11.5 Å². The Bertz CT molecular complexity index is 1350. The van der Waals surface area contributed by atoms with Gasteiger partial charge in [0.1, 0.15) is 17.1 Å². The van der Waals surface area contributed by atoms with Crippen LogP contribution in [0.15, 0.2) is 70.7 Å². The first-order chi connectivity index (χ1) is 16.8. The topological polar surface area (TPSA) is 84.9 Å². The molecular weight excluding hydrogens is 536 g/mol. The zero-order chi connectivity index (χ0) is 25.1. The molecule has 9 heteroatoms. The molecule has 4 rings (SSSR count). The quantitative estimate of drug-likeness (QED) is 0.326. The van der Waals surface area contributed by atoms with Crippen molar-refractivity contribution in [1.82, 2.24) is 5.32 Å². The molecule has 0 radical (unpaired) electrons. The van der Waals surface area contributed by atoms with Crippen molar-refractivity contribution in [3.05, 3.63) is 92.4 Å². The van der Waals surface area contributed by atoms with Crippen LogP contribution in [-0.2, 0) is 16.0 Å². The van der Waals surface area contributed by atoms with Gasteiger partial charge in [-0.2, -0.15) is 0 Å². The summed E-state index contributed by atoms with van der Waals surface area (Å²) < 4.78 is 11.6. The molecule has 1 N–H and O–H groups in total. The van der Waals surface area contributed by atoms with Crippen molar-refractivity contribution in [1.29, 1.82) is 0 Å². The number of methoxy groups -OCH3 is 2. The number of hydrogen-bond acceptors (Lipinski definition) is 5. The molecule has 0 bridgehead atoms. The summed E-state index contributed by atoms with van der Waals surface area (Å²) in [5, 5.41) is 2.62. The predicted molar refractivity (Wildman–Crippen MR) is 137 cm³/mol. The lowest BCUT2D eigenvalue weighted by Gasteiger charge is -2.26. The molecule has 0 spiro atoms. The molecule has 3 aromatic rings. The number of amides is 4. The van der Waals surface area contributed by atoms with Gasteiger partial charge in [-0.25, -0.2) is 9.69 Å². The largest absolute Gasteiger partial charge is 0.497 e. The van der Waals surface area contributed by atoms with Gasteiger partial charge in [-0.1, -0.05) is 45.7 Å². The smallest absolute Gasteiger partial charge is 0.335 e. The molecule has 0 aromatic heterocycles. The van der Waals surface area contributed by atoms with E-state index in [2.05, 4.69) is 21.2 Å². The van der Waals surface area contributed by atoms with E-state index in [9.17, 15) is 14.4 Å². The molecule has 0 saturated carbocycles. The SMILES string of the molecule is COc1ccc(N2C(=O)NC(=O)/C(=C\c3cc(Cl)c(Cc4ccccc4Br)c(OC)c3)C2=O)cc1. The fraction of sp³-hybridized carbons (Fsp3) is 0.115. The highest BCUT2D eigenvalue weighted by Crippen LogP contribution is 2.34. The molecule has 0 aliphatic carbocycles. The summed E-state index contributed by atoms with van der Waals surface area (Å²) in [5.41, 5.74) is 2.35. The number of ether oxygens (including phenoxy) is 2. The number of hydrogen-bond donors (Lipinski definition) is 1. The lowest BCUT2D eigenvalue weighted by Crippen LogP contribution is -2.54. The lowest BCUT2D eigenvalue weighted by atomic mass is 10.0. The van der Waals surface area contributed by atoms with Crippen molar-refractivity contribution < 1.29 is 23.9 Å². The molecule has 178 valence electrons. The third-order valence-corrected chi connectivity index (χ3v) is 6.58. The van der Waals surface area contributed by atoms with Gasteiger partial charge in [-0.15, -0.1) is 0 Å². The van der Waals surface area contributed by atoms with Gasteiger partial charge in [0.05, 0.1) is 19.9 Å². The first-order valence-corrected chi connectivity index (χ1v) is 11.6. The number of barbiturate groups is 1. The fourth-order valence-corrected chi connectivity index (χ4v) is 4.40. The van der Waals surface area contributed by atoms with Gasteiger partial charge in [-0.3, -0.25) is 14.9 Å². The molecule has 0 atom stereocenters. The molecule has 1 aliphatic rings. The second kappa shape index (κ2) is 10.3. The predicted octanol–water partition coefficient (Wildman–Crippen LogP) is 5.38. The highest BCUT2D eigenvalue weighted by atomic mass is 79.9. The first-order valence-electron chi connectivity index (χ1n) is 10.5. The zero-order valence-electron chi connectivity index (χ0n) is 18.8. The van der Waals surface area contributed by atoms with E-state index in [-0.39, 0.29) is 5.57 Å². The number of rotatable bonds is 6. The van der Waals surface area contributed by atoms with E-state index < -0.39 is 17.8 Å². The summed E-state index contributed by atoms with van der Waals surface area (Å²) in [6.07, 6.45) is 1.90. The Morgan fingerprint density at radius 1 is 1.00 bits per heavy atom. The Kier molecular flexibility index (Phi) is 7.23. The van der Waals surface area contributed by atoms with E-state index in [1.165, 1.54) is 20.3 Å². The molecular formula is C26H20BrClN2O5. The molecule has 1 heterocycles. The number of anilines is 1. The van der Waals surface area contributed by atoms with Gasteiger partial charge in [0.25, 0.3) is 11.8 Å². The van der Waals surface area contributed by atoms with Crippen LogP contribution in [0.1, 0.15) is 16.7 Å². The minimum atomic E-state index is -0.832. The van der Waals surface area contributed by atoms with Gasteiger partial charge in [-0.05, 0) is 59.7 Å². The Morgan fingerprint density at radius 3 is 2.37 bits per heavy atom. The minimum absolute atomic E-state index is 0.211. The van der Waals surface area contributed by atoms with E-state index in [0.717, 1.165) is 20.5 Å². The summed E-state index contributed by atoms with van der Waals surface area (Å²) in [4.78, 5) is 39.0. The number of carbonyl (C=O) groups is 3. The molecule has 3 aromatic carbocycles. The molecule has 4 amide bonds. The lowest BCUT2D eigenvalue weighted by molar-refractivity contribution is -0.122. The van der Waals surface area contributed by atoms with Crippen molar-refractivity contribution in [2.45, 2.75) is 6.42 Å². The summed E-state index contributed by atoms with van der Waals surface area (Å²) in [6.45, 7) is 0. The maximum atomic E-state index is 13.2. The van der Waals surface area contributed by atoms with Crippen LogP contribution in [0.4, 0.5) is 10.5 Å². The van der Waals surface area contributed by atoms with Gasteiger partial charge >= 0.3 is 6.03 Å². The zero-order valence-corrected chi connectivity index (χ0v) is 21.1. The second-order valence-corrected chi connectivity index (χ2v) is 8.87. The third-order valence-electron chi connectivity index (χ3n) is 5.47. The first kappa shape index (κ1) is 24.5. The number of benzene rings is 3. The second-order valence-electron chi connectivity index (χ2n) is 7.61. The van der Waals surface area contributed by atoms with Gasteiger partial charge in [0.15, 0.2) is 0 Å². The maximum absolute atomic E-state index is 13.2. The molecule has 7 nitrogen and oxygen atoms in total. The molecule has 0 unspecified atom stereocenters. The average Bonchev–Trinajstić information content (AvgIpc) is 2.84. The van der Waals surface area contributed by atoms with Crippen molar-refractivity contribution in [2.24, 2.45) is 0 Å². The van der Waals surface area contributed by atoms with E-state index in [4.69, 9.17) is 21.1 Å². The van der Waals surface area contributed by atoms with Crippen molar-refractivity contribution in [3.63, 3.8) is 0 Å². The van der Waals surface area contributed by atoms with Crippen molar-refractivity contribution in [3.8, 4) is 11.5 Å². The fourth-order valence-electron chi connectivity index (χ4n) is 3.69. The molecule has 1 fully saturated rings. The number of urea groups is 1. The van der Waals surface area contributed by atoms with E-state index in [0.29, 0.717) is 34.2 Å². The van der Waals surface area contributed by atoms with Crippen LogP contribution in [0.2, 0.25) is 5.02 Å². The summed E-state index contributed by atoms with van der Waals surface area (Å²) in [5.74, 6) is -0.477. The molecule has 1 aliphatic heterocycles. The Hall–Kier alpha value is -3.62. The number of imide groups is 2. The minimum Gasteiger partial charge on any atom is -0.497 e. The van der Waals surface area contributed by atoms with Gasteiger partial charge < -0.3 is 9.47 Å². The highest BCUT2D eigenvalue weighted by Gasteiger charge is 2.36. The van der Waals surface area contributed by atoms with Crippen LogP contribution in [0, 0.1) is 0 Å².